The minimum atomic E-state index is 0.863. The topological polar surface area (TPSA) is 37.6 Å². The van der Waals surface area contributed by atoms with Crippen molar-refractivity contribution in [1.29, 1.82) is 0 Å². The molecule has 0 atom stereocenters. The molecule has 0 spiro atoms. The number of para-hydroxylation sites is 1. The molecule has 0 aliphatic carbocycles. The molecule has 0 bridgehead atoms. The van der Waals surface area contributed by atoms with Gasteiger partial charge in [-0.05, 0) is 87.9 Å². The average Bonchev–Trinajstić information content (AvgIpc) is 2.73. The molecule has 0 aliphatic rings. The van der Waals surface area contributed by atoms with Crippen molar-refractivity contribution in [2.24, 2.45) is 9.98 Å². The zero-order valence-corrected chi connectivity index (χ0v) is 19.5. The molecule has 0 saturated heterocycles. The van der Waals surface area contributed by atoms with Crippen molar-refractivity contribution in [3.63, 3.8) is 0 Å². The summed E-state index contributed by atoms with van der Waals surface area (Å²) in [7, 11) is 0. The van der Waals surface area contributed by atoms with E-state index in [9.17, 15) is 0 Å². The lowest BCUT2D eigenvalue weighted by Gasteiger charge is -2.10. The Bertz CT molecular complexity index is 1140. The van der Waals surface area contributed by atoms with Gasteiger partial charge < -0.3 is 0 Å². The molecule has 3 heteroatoms. The van der Waals surface area contributed by atoms with E-state index in [0.717, 1.165) is 40.6 Å². The van der Waals surface area contributed by atoms with Crippen LogP contribution >= 0.6 is 0 Å². The molecule has 0 radical (unpaired) electrons. The van der Waals surface area contributed by atoms with E-state index in [0.29, 0.717) is 0 Å². The minimum absolute atomic E-state index is 0.863. The fourth-order valence-electron chi connectivity index (χ4n) is 3.78. The van der Waals surface area contributed by atoms with Gasteiger partial charge in [-0.2, -0.15) is 0 Å². The quantitative estimate of drug-likeness (QED) is 0.310. The summed E-state index contributed by atoms with van der Waals surface area (Å²) >= 11 is 0. The van der Waals surface area contributed by atoms with E-state index in [2.05, 4.69) is 64.6 Å². The Morgan fingerprint density at radius 1 is 0.774 bits per heavy atom. The lowest BCUT2D eigenvalue weighted by Crippen LogP contribution is -2.05. The summed E-state index contributed by atoms with van der Waals surface area (Å²) in [6, 6.07) is 16.6. The zero-order chi connectivity index (χ0) is 22.5. The van der Waals surface area contributed by atoms with E-state index in [1.807, 2.05) is 38.1 Å². The monoisotopic (exact) mass is 409 g/mol. The number of hydrogen-bond acceptors (Lipinski definition) is 3. The van der Waals surface area contributed by atoms with Gasteiger partial charge in [-0.1, -0.05) is 42.5 Å². The van der Waals surface area contributed by atoms with Crippen LogP contribution in [0.5, 0.6) is 0 Å². The predicted molar refractivity (Wildman–Crippen MR) is 134 cm³/mol. The molecule has 2 aromatic carbocycles. The van der Waals surface area contributed by atoms with Crippen molar-refractivity contribution in [3.05, 3.63) is 100 Å². The van der Waals surface area contributed by atoms with Crippen LogP contribution in [0.25, 0.3) is 0 Å². The predicted octanol–water partition coefficient (Wildman–Crippen LogP) is 7.33. The van der Waals surface area contributed by atoms with Gasteiger partial charge in [0.2, 0.25) is 0 Å². The van der Waals surface area contributed by atoms with Crippen molar-refractivity contribution in [1.82, 2.24) is 4.98 Å². The van der Waals surface area contributed by atoms with E-state index >= 15 is 0 Å². The SMILES string of the molecule is C=CCc1cc(C)c(N=C(C)c2cccc(C(C)=Nc3c(C)cccc3C)n2)c(C)c1. The van der Waals surface area contributed by atoms with Crippen LogP contribution in [0.15, 0.2) is 71.2 Å². The van der Waals surface area contributed by atoms with E-state index in [-0.39, 0.29) is 0 Å². The molecule has 3 rings (SSSR count). The Morgan fingerprint density at radius 3 is 1.71 bits per heavy atom. The number of allylic oxidation sites excluding steroid dienone is 1. The van der Waals surface area contributed by atoms with Crippen LogP contribution in [-0.2, 0) is 6.42 Å². The Balaban J connectivity index is 1.96. The van der Waals surface area contributed by atoms with E-state index < -0.39 is 0 Å². The van der Waals surface area contributed by atoms with Crippen molar-refractivity contribution in [3.8, 4) is 0 Å². The van der Waals surface area contributed by atoms with Crippen LogP contribution in [0.2, 0.25) is 0 Å². The summed E-state index contributed by atoms with van der Waals surface area (Å²) in [5.41, 5.74) is 11.5. The first-order chi connectivity index (χ1) is 14.8. The van der Waals surface area contributed by atoms with Crippen LogP contribution in [0.1, 0.15) is 53.1 Å². The number of rotatable bonds is 6. The van der Waals surface area contributed by atoms with Gasteiger partial charge in [-0.15, -0.1) is 6.58 Å². The first-order valence-corrected chi connectivity index (χ1v) is 10.7. The molecule has 0 unspecified atom stereocenters. The van der Waals surface area contributed by atoms with E-state index in [4.69, 9.17) is 15.0 Å². The fourth-order valence-corrected chi connectivity index (χ4v) is 3.78. The summed E-state index contributed by atoms with van der Waals surface area (Å²) in [4.78, 5) is 14.7. The molecule has 1 aromatic heterocycles. The second-order valence-electron chi connectivity index (χ2n) is 8.11. The number of hydrogen-bond donors (Lipinski definition) is 0. The Hall–Kier alpha value is -3.33. The molecule has 31 heavy (non-hydrogen) atoms. The molecule has 0 saturated carbocycles. The second-order valence-corrected chi connectivity index (χ2v) is 8.11. The third kappa shape index (κ3) is 5.24. The highest BCUT2D eigenvalue weighted by Gasteiger charge is 2.09. The van der Waals surface area contributed by atoms with Crippen LogP contribution < -0.4 is 0 Å². The molecule has 0 aliphatic heterocycles. The maximum absolute atomic E-state index is 4.93. The molecular formula is C28H31N3. The first-order valence-electron chi connectivity index (χ1n) is 10.7. The van der Waals surface area contributed by atoms with Crippen LogP contribution in [0, 0.1) is 27.7 Å². The molecule has 1 heterocycles. The van der Waals surface area contributed by atoms with Gasteiger partial charge in [-0.25, -0.2) is 4.98 Å². The van der Waals surface area contributed by atoms with E-state index in [1.54, 1.807) is 0 Å². The Kier molecular flexibility index (Phi) is 6.96. The molecule has 0 fully saturated rings. The second kappa shape index (κ2) is 9.65. The van der Waals surface area contributed by atoms with Gasteiger partial charge in [0.15, 0.2) is 0 Å². The average molecular weight is 410 g/mol. The molecule has 3 nitrogen and oxygen atoms in total. The third-order valence-electron chi connectivity index (χ3n) is 5.42. The van der Waals surface area contributed by atoms with Gasteiger partial charge in [0, 0.05) is 0 Å². The van der Waals surface area contributed by atoms with Gasteiger partial charge in [0.25, 0.3) is 0 Å². The third-order valence-corrected chi connectivity index (χ3v) is 5.42. The number of aryl methyl sites for hydroxylation is 4. The summed E-state index contributed by atoms with van der Waals surface area (Å²) in [5.74, 6) is 0. The van der Waals surface area contributed by atoms with Crippen LogP contribution in [0.3, 0.4) is 0 Å². The molecule has 0 amide bonds. The highest BCUT2D eigenvalue weighted by Crippen LogP contribution is 2.27. The highest BCUT2D eigenvalue weighted by molar-refractivity contribution is 6.02. The largest absolute Gasteiger partial charge is 0.251 e. The van der Waals surface area contributed by atoms with E-state index in [1.165, 1.54) is 27.8 Å². The van der Waals surface area contributed by atoms with Crippen molar-refractivity contribution in [2.75, 3.05) is 0 Å². The number of nitrogens with zero attached hydrogens (tertiary/aromatic N) is 3. The number of aromatic nitrogens is 1. The molecule has 3 aromatic rings. The molecular weight excluding hydrogens is 378 g/mol. The number of pyridine rings is 1. The fraction of sp³-hybridized carbons (Fsp3) is 0.250. The lowest BCUT2D eigenvalue weighted by atomic mass is 10.0. The van der Waals surface area contributed by atoms with Gasteiger partial charge in [0.1, 0.15) is 0 Å². The minimum Gasteiger partial charge on any atom is -0.251 e. The number of aliphatic imine (C=N–C) groups is 2. The van der Waals surface area contributed by atoms with Gasteiger partial charge >= 0.3 is 0 Å². The summed E-state index contributed by atoms with van der Waals surface area (Å²) in [6.45, 7) is 16.3. The summed E-state index contributed by atoms with van der Waals surface area (Å²) in [6.07, 6.45) is 2.80. The van der Waals surface area contributed by atoms with Crippen LogP contribution in [-0.4, -0.2) is 16.4 Å². The van der Waals surface area contributed by atoms with Crippen molar-refractivity contribution >= 4 is 22.8 Å². The molecule has 158 valence electrons. The van der Waals surface area contributed by atoms with Gasteiger partial charge in [-0.3, -0.25) is 9.98 Å². The lowest BCUT2D eigenvalue weighted by molar-refractivity contribution is 1.20. The zero-order valence-electron chi connectivity index (χ0n) is 19.5. The maximum atomic E-state index is 4.93. The summed E-state index contributed by atoms with van der Waals surface area (Å²) in [5, 5.41) is 0. The maximum Gasteiger partial charge on any atom is 0.0849 e. The smallest absolute Gasteiger partial charge is 0.0849 e. The standard InChI is InChI=1S/C28H31N3/c1-8-11-24-16-20(4)28(21(5)17-24)30-23(7)26-15-10-14-25(31-26)22(6)29-27-18(2)12-9-13-19(27)3/h8-10,12-17H,1,11H2,2-7H3. The molecule has 0 N–H and O–H groups in total. The van der Waals surface area contributed by atoms with Crippen molar-refractivity contribution in [2.45, 2.75) is 48.0 Å². The normalized spacial score (nSPS) is 12.2. The number of benzene rings is 2. The highest BCUT2D eigenvalue weighted by atomic mass is 14.8. The van der Waals surface area contributed by atoms with Gasteiger partial charge in [0.05, 0.1) is 34.2 Å². The summed E-state index contributed by atoms with van der Waals surface area (Å²) < 4.78 is 0. The Morgan fingerprint density at radius 2 is 1.23 bits per heavy atom. The van der Waals surface area contributed by atoms with Crippen molar-refractivity contribution < 1.29 is 0 Å². The Labute approximate surface area is 186 Å². The van der Waals surface area contributed by atoms with Crippen LogP contribution in [0.4, 0.5) is 11.4 Å². The first kappa shape index (κ1) is 22.4.